The van der Waals surface area contributed by atoms with Crippen LogP contribution in [0.4, 0.5) is 11.4 Å². The number of carbonyl (C=O) groups is 1. The summed E-state index contributed by atoms with van der Waals surface area (Å²) in [5, 5.41) is 12.6. The van der Waals surface area contributed by atoms with Crippen LogP contribution < -0.4 is 5.32 Å². The Morgan fingerprint density at radius 2 is 2.00 bits per heavy atom. The highest BCUT2D eigenvalue weighted by molar-refractivity contribution is 9.10. The van der Waals surface area contributed by atoms with E-state index in [0.717, 1.165) is 0 Å². The molecule has 0 radical (unpaired) electrons. The fourth-order valence-electron chi connectivity index (χ4n) is 1.40. The number of nitrogens with zero attached hydrogens (tertiary/aromatic N) is 1. The fourth-order valence-corrected chi connectivity index (χ4v) is 2.22. The third-order valence-electron chi connectivity index (χ3n) is 2.29. The molecule has 2 aromatic rings. The zero-order valence-corrected chi connectivity index (χ0v) is 12.4. The van der Waals surface area contributed by atoms with E-state index in [1.54, 1.807) is 18.2 Å². The molecule has 0 spiro atoms. The molecule has 0 atom stereocenters. The SMILES string of the molecule is O=C(O)c1cc(Nc2ccc(Br)c(Cl)c2Cl)ccn1. The second-order valence-corrected chi connectivity index (χ2v) is 5.19. The summed E-state index contributed by atoms with van der Waals surface area (Å²) in [7, 11) is 0. The summed E-state index contributed by atoms with van der Waals surface area (Å²) in [6.45, 7) is 0. The van der Waals surface area contributed by atoms with E-state index in [1.807, 2.05) is 0 Å². The number of carboxylic acids is 1. The van der Waals surface area contributed by atoms with Crippen LogP contribution in [-0.2, 0) is 0 Å². The predicted octanol–water partition coefficient (Wildman–Crippen LogP) is 4.59. The van der Waals surface area contributed by atoms with E-state index in [0.29, 0.717) is 25.9 Å². The molecule has 0 unspecified atom stereocenters. The van der Waals surface area contributed by atoms with E-state index in [2.05, 4.69) is 26.2 Å². The average molecular weight is 362 g/mol. The summed E-state index contributed by atoms with van der Waals surface area (Å²) in [4.78, 5) is 14.6. The van der Waals surface area contributed by atoms with Crippen LogP contribution in [0.25, 0.3) is 0 Å². The predicted molar refractivity (Wildman–Crippen MR) is 78.6 cm³/mol. The number of aromatic nitrogens is 1. The third kappa shape index (κ3) is 3.18. The molecule has 4 nitrogen and oxygen atoms in total. The number of hydrogen-bond acceptors (Lipinski definition) is 3. The van der Waals surface area contributed by atoms with Gasteiger partial charge in [-0.25, -0.2) is 9.78 Å². The van der Waals surface area contributed by atoms with Crippen molar-refractivity contribution in [2.24, 2.45) is 0 Å². The van der Waals surface area contributed by atoms with Gasteiger partial charge in [-0.15, -0.1) is 0 Å². The molecule has 0 aliphatic heterocycles. The Balaban J connectivity index is 2.34. The molecule has 0 fully saturated rings. The number of halogens is 3. The fraction of sp³-hybridized carbons (Fsp3) is 0. The summed E-state index contributed by atoms with van der Waals surface area (Å²) in [6, 6.07) is 6.53. The van der Waals surface area contributed by atoms with Gasteiger partial charge in [0.1, 0.15) is 5.69 Å². The number of benzene rings is 1. The minimum absolute atomic E-state index is 0.0515. The van der Waals surface area contributed by atoms with Crippen LogP contribution in [0, 0.1) is 0 Å². The summed E-state index contributed by atoms with van der Waals surface area (Å²) < 4.78 is 0.686. The lowest BCUT2D eigenvalue weighted by Gasteiger charge is -2.10. The topological polar surface area (TPSA) is 62.2 Å². The van der Waals surface area contributed by atoms with Gasteiger partial charge in [-0.1, -0.05) is 23.2 Å². The Kier molecular flexibility index (Phi) is 4.29. The molecule has 0 aliphatic rings. The van der Waals surface area contributed by atoms with Gasteiger partial charge in [0, 0.05) is 16.4 Å². The molecule has 0 saturated carbocycles. The van der Waals surface area contributed by atoms with Crippen molar-refractivity contribution in [2.75, 3.05) is 5.32 Å². The van der Waals surface area contributed by atoms with E-state index < -0.39 is 5.97 Å². The summed E-state index contributed by atoms with van der Waals surface area (Å²) in [5.41, 5.74) is 1.09. The minimum atomic E-state index is -1.09. The molecular formula is C12H7BrCl2N2O2. The minimum Gasteiger partial charge on any atom is -0.477 e. The first kappa shape index (κ1) is 14.1. The van der Waals surface area contributed by atoms with Crippen LogP contribution in [-0.4, -0.2) is 16.1 Å². The molecular weight excluding hydrogens is 355 g/mol. The van der Waals surface area contributed by atoms with E-state index in [9.17, 15) is 4.79 Å². The molecule has 19 heavy (non-hydrogen) atoms. The smallest absolute Gasteiger partial charge is 0.354 e. The first-order valence-electron chi connectivity index (χ1n) is 5.09. The van der Waals surface area contributed by atoms with Gasteiger partial charge >= 0.3 is 5.97 Å². The highest BCUT2D eigenvalue weighted by atomic mass is 79.9. The van der Waals surface area contributed by atoms with Gasteiger partial charge in [0.15, 0.2) is 0 Å². The van der Waals surface area contributed by atoms with Crippen LogP contribution in [0.15, 0.2) is 34.9 Å². The number of rotatable bonds is 3. The third-order valence-corrected chi connectivity index (χ3v) is 4.06. The molecule has 2 N–H and O–H groups in total. The van der Waals surface area contributed by atoms with Crippen LogP contribution in [0.2, 0.25) is 10.0 Å². The van der Waals surface area contributed by atoms with Crippen molar-refractivity contribution in [3.8, 4) is 0 Å². The lowest BCUT2D eigenvalue weighted by Crippen LogP contribution is -2.01. The van der Waals surface area contributed by atoms with Crippen LogP contribution >= 0.6 is 39.1 Å². The number of carboxylic acid groups (broad SMARTS) is 1. The largest absolute Gasteiger partial charge is 0.477 e. The highest BCUT2D eigenvalue weighted by Crippen LogP contribution is 2.37. The monoisotopic (exact) mass is 360 g/mol. The first-order valence-corrected chi connectivity index (χ1v) is 6.64. The molecule has 7 heteroatoms. The van der Waals surface area contributed by atoms with Gasteiger partial charge in [0.2, 0.25) is 0 Å². The Morgan fingerprint density at radius 1 is 1.26 bits per heavy atom. The lowest BCUT2D eigenvalue weighted by atomic mass is 10.2. The van der Waals surface area contributed by atoms with Gasteiger partial charge in [-0.05, 0) is 40.2 Å². The van der Waals surface area contributed by atoms with E-state index in [1.165, 1.54) is 12.3 Å². The van der Waals surface area contributed by atoms with Gasteiger partial charge < -0.3 is 10.4 Å². The van der Waals surface area contributed by atoms with E-state index in [4.69, 9.17) is 28.3 Å². The van der Waals surface area contributed by atoms with E-state index in [-0.39, 0.29) is 5.69 Å². The normalized spacial score (nSPS) is 10.3. The highest BCUT2D eigenvalue weighted by Gasteiger charge is 2.10. The van der Waals surface area contributed by atoms with Crippen molar-refractivity contribution in [3.05, 3.63) is 50.7 Å². The van der Waals surface area contributed by atoms with Gasteiger partial charge in [-0.2, -0.15) is 0 Å². The summed E-state index contributed by atoms with van der Waals surface area (Å²) >= 11 is 15.4. The Hall–Kier alpha value is -1.30. The number of pyridine rings is 1. The number of anilines is 2. The van der Waals surface area contributed by atoms with Crippen LogP contribution in [0.5, 0.6) is 0 Å². The van der Waals surface area contributed by atoms with Crippen molar-refractivity contribution in [2.45, 2.75) is 0 Å². The average Bonchev–Trinajstić information content (AvgIpc) is 2.40. The van der Waals surface area contributed by atoms with Crippen molar-refractivity contribution in [1.29, 1.82) is 0 Å². The molecule has 0 saturated heterocycles. The summed E-state index contributed by atoms with van der Waals surface area (Å²) in [6.07, 6.45) is 1.40. The van der Waals surface area contributed by atoms with E-state index >= 15 is 0 Å². The van der Waals surface area contributed by atoms with Crippen LogP contribution in [0.3, 0.4) is 0 Å². The second-order valence-electron chi connectivity index (χ2n) is 3.58. The maximum absolute atomic E-state index is 10.8. The van der Waals surface area contributed by atoms with Crippen molar-refractivity contribution >= 4 is 56.5 Å². The molecule has 0 bridgehead atoms. The quantitative estimate of drug-likeness (QED) is 0.784. The second kappa shape index (κ2) is 5.77. The summed E-state index contributed by atoms with van der Waals surface area (Å²) in [5.74, 6) is -1.09. The number of nitrogens with one attached hydrogen (secondary N) is 1. The number of aromatic carboxylic acids is 1. The van der Waals surface area contributed by atoms with Crippen molar-refractivity contribution in [3.63, 3.8) is 0 Å². The zero-order chi connectivity index (χ0) is 14.0. The molecule has 1 heterocycles. The Morgan fingerprint density at radius 3 is 2.68 bits per heavy atom. The Bertz CT molecular complexity index is 650. The molecule has 1 aromatic carbocycles. The van der Waals surface area contributed by atoms with Crippen LogP contribution in [0.1, 0.15) is 10.5 Å². The number of hydrogen-bond donors (Lipinski definition) is 2. The van der Waals surface area contributed by atoms with Crippen molar-refractivity contribution in [1.82, 2.24) is 4.98 Å². The Labute approximate surface area is 127 Å². The first-order chi connectivity index (χ1) is 8.99. The zero-order valence-electron chi connectivity index (χ0n) is 9.32. The van der Waals surface area contributed by atoms with Gasteiger partial charge in [-0.3, -0.25) is 0 Å². The lowest BCUT2D eigenvalue weighted by molar-refractivity contribution is 0.0690. The maximum Gasteiger partial charge on any atom is 0.354 e. The molecule has 2 rings (SSSR count). The molecule has 98 valence electrons. The molecule has 1 aromatic heterocycles. The van der Waals surface area contributed by atoms with Gasteiger partial charge in [0.25, 0.3) is 0 Å². The van der Waals surface area contributed by atoms with Gasteiger partial charge in [0.05, 0.1) is 15.7 Å². The standard InChI is InChI=1S/C12H7BrCl2N2O2/c13-7-1-2-8(11(15)10(7)14)17-6-3-4-16-9(5-6)12(18)19/h1-5H,(H,16,17)(H,18,19). The molecule has 0 amide bonds. The van der Waals surface area contributed by atoms with Crippen molar-refractivity contribution < 1.29 is 9.90 Å². The maximum atomic E-state index is 10.8. The molecule has 0 aliphatic carbocycles.